The third-order valence-electron chi connectivity index (χ3n) is 1.48. The lowest BCUT2D eigenvalue weighted by atomic mass is 10.3. The second-order valence-corrected chi connectivity index (χ2v) is 3.06. The highest BCUT2D eigenvalue weighted by molar-refractivity contribution is 7.97. The maximum absolute atomic E-state index is 4.17. The van der Waals surface area contributed by atoms with Gasteiger partial charge in [-0.2, -0.15) is 4.83 Å². The van der Waals surface area contributed by atoms with Gasteiger partial charge in [0.05, 0.1) is 10.6 Å². The Hall–Kier alpha value is -0.650. The summed E-state index contributed by atoms with van der Waals surface area (Å²) in [6.45, 7) is 0.914. The van der Waals surface area contributed by atoms with Gasteiger partial charge in [-0.15, -0.1) is 0 Å². The summed E-state index contributed by atoms with van der Waals surface area (Å²) in [5.74, 6) is 0. The third-order valence-corrected chi connectivity index (χ3v) is 2.28. The van der Waals surface area contributed by atoms with Gasteiger partial charge in [-0.05, 0) is 11.9 Å². The van der Waals surface area contributed by atoms with Crippen LogP contribution in [0.25, 0.3) is 0 Å². The number of rotatable bonds is 0. The Morgan fingerprint density at radius 2 is 2.55 bits per heavy atom. The predicted molar refractivity (Wildman–Crippen MR) is 42.7 cm³/mol. The van der Waals surface area contributed by atoms with Crippen molar-refractivity contribution in [3.8, 4) is 0 Å². The summed E-state index contributed by atoms with van der Waals surface area (Å²) in [7, 11) is 0. The summed E-state index contributed by atoms with van der Waals surface area (Å²) in [6.07, 6.45) is 4.37. The second-order valence-electron chi connectivity index (χ2n) is 2.21. The van der Waals surface area contributed by atoms with Gasteiger partial charge in [-0.25, -0.2) is 15.4 Å². The van der Waals surface area contributed by atoms with Crippen LogP contribution in [-0.2, 0) is 6.42 Å². The van der Waals surface area contributed by atoms with Crippen LogP contribution in [0.1, 0.15) is 5.69 Å². The number of hydrogen-bond acceptors (Lipinski definition) is 5. The Bertz CT molecular complexity index is 227. The van der Waals surface area contributed by atoms with Crippen molar-refractivity contribution in [2.75, 3.05) is 6.54 Å². The standard InChI is InChI=1S/C6H8N4S/c1-2-9-10-11-6-3-7-4-8-5(1)6/h3-4,9-10H,1-2H2. The minimum absolute atomic E-state index is 0.914. The Balaban J connectivity index is 2.33. The molecule has 1 aromatic heterocycles. The molecule has 2 rings (SSSR count). The van der Waals surface area contributed by atoms with Gasteiger partial charge in [0.25, 0.3) is 0 Å². The van der Waals surface area contributed by atoms with E-state index in [1.165, 1.54) is 11.9 Å². The molecule has 0 bridgehead atoms. The van der Waals surface area contributed by atoms with Gasteiger partial charge in [0.2, 0.25) is 0 Å². The van der Waals surface area contributed by atoms with Crippen LogP contribution in [0, 0.1) is 0 Å². The van der Waals surface area contributed by atoms with E-state index in [9.17, 15) is 0 Å². The quantitative estimate of drug-likeness (QED) is 0.539. The highest BCUT2D eigenvalue weighted by Crippen LogP contribution is 2.17. The molecule has 2 N–H and O–H groups in total. The van der Waals surface area contributed by atoms with E-state index < -0.39 is 0 Å². The summed E-state index contributed by atoms with van der Waals surface area (Å²) in [4.78, 5) is 12.2. The van der Waals surface area contributed by atoms with Gasteiger partial charge >= 0.3 is 0 Å². The molecule has 5 heteroatoms. The van der Waals surface area contributed by atoms with Crippen LogP contribution in [0.2, 0.25) is 0 Å². The van der Waals surface area contributed by atoms with E-state index in [0.29, 0.717) is 0 Å². The molecule has 0 radical (unpaired) electrons. The van der Waals surface area contributed by atoms with Crippen molar-refractivity contribution in [2.24, 2.45) is 0 Å². The van der Waals surface area contributed by atoms with Crippen molar-refractivity contribution in [3.63, 3.8) is 0 Å². The minimum Gasteiger partial charge on any atom is -0.247 e. The van der Waals surface area contributed by atoms with Crippen LogP contribution in [0.3, 0.4) is 0 Å². The van der Waals surface area contributed by atoms with Crippen LogP contribution in [0.4, 0.5) is 0 Å². The Morgan fingerprint density at radius 1 is 1.55 bits per heavy atom. The van der Waals surface area contributed by atoms with Gasteiger partial charge in [-0.1, -0.05) is 0 Å². The van der Waals surface area contributed by atoms with E-state index in [1.54, 1.807) is 6.33 Å². The normalized spacial score (nSPS) is 17.1. The van der Waals surface area contributed by atoms with E-state index in [4.69, 9.17) is 0 Å². The SMILES string of the molecule is c1ncc2c(n1)CCNNS2. The first-order chi connectivity index (χ1) is 5.47. The van der Waals surface area contributed by atoms with Crippen LogP contribution in [-0.4, -0.2) is 16.5 Å². The predicted octanol–water partition coefficient (Wildman–Crippen LogP) is 0.134. The first-order valence-corrected chi connectivity index (χ1v) is 4.22. The van der Waals surface area contributed by atoms with Gasteiger partial charge in [0.1, 0.15) is 6.33 Å². The van der Waals surface area contributed by atoms with Crippen molar-refractivity contribution in [1.29, 1.82) is 0 Å². The third kappa shape index (κ3) is 1.50. The Kier molecular flexibility index (Phi) is 2.02. The topological polar surface area (TPSA) is 49.8 Å². The van der Waals surface area contributed by atoms with E-state index in [1.807, 2.05) is 6.20 Å². The zero-order chi connectivity index (χ0) is 7.52. The molecular formula is C6H8N4S. The lowest BCUT2D eigenvalue weighted by Crippen LogP contribution is -2.25. The summed E-state index contributed by atoms with van der Waals surface area (Å²) >= 11 is 1.52. The van der Waals surface area contributed by atoms with Crippen LogP contribution < -0.4 is 10.3 Å². The smallest absolute Gasteiger partial charge is 0.115 e. The fourth-order valence-electron chi connectivity index (χ4n) is 0.938. The number of nitrogens with one attached hydrogen (secondary N) is 2. The molecule has 0 unspecified atom stereocenters. The second kappa shape index (κ2) is 3.17. The average Bonchev–Trinajstić information content (AvgIpc) is 2.28. The van der Waals surface area contributed by atoms with E-state index in [0.717, 1.165) is 23.6 Å². The molecule has 0 amide bonds. The molecule has 1 aliphatic rings. The van der Waals surface area contributed by atoms with E-state index in [2.05, 4.69) is 20.2 Å². The Labute approximate surface area is 68.9 Å². The molecule has 2 heterocycles. The lowest BCUT2D eigenvalue weighted by Gasteiger charge is -1.98. The average molecular weight is 168 g/mol. The minimum atomic E-state index is 0.914. The molecule has 0 saturated heterocycles. The molecule has 1 aliphatic heterocycles. The van der Waals surface area contributed by atoms with Crippen LogP contribution in [0.5, 0.6) is 0 Å². The number of hydrogen-bond donors (Lipinski definition) is 2. The summed E-state index contributed by atoms with van der Waals surface area (Å²) < 4.78 is 0. The highest BCUT2D eigenvalue weighted by atomic mass is 32.2. The number of aromatic nitrogens is 2. The molecule has 0 aromatic carbocycles. The lowest BCUT2D eigenvalue weighted by molar-refractivity contribution is 0.680. The molecule has 0 atom stereocenters. The number of nitrogens with zero attached hydrogens (tertiary/aromatic N) is 2. The van der Waals surface area contributed by atoms with E-state index in [-0.39, 0.29) is 0 Å². The molecule has 0 aliphatic carbocycles. The van der Waals surface area contributed by atoms with Gasteiger partial charge in [0, 0.05) is 19.2 Å². The zero-order valence-electron chi connectivity index (χ0n) is 5.87. The van der Waals surface area contributed by atoms with Crippen LogP contribution >= 0.6 is 11.9 Å². The molecular weight excluding hydrogens is 160 g/mol. The zero-order valence-corrected chi connectivity index (χ0v) is 6.69. The van der Waals surface area contributed by atoms with Crippen molar-refractivity contribution >= 4 is 11.9 Å². The van der Waals surface area contributed by atoms with Crippen molar-refractivity contribution < 1.29 is 0 Å². The molecule has 11 heavy (non-hydrogen) atoms. The number of fused-ring (bicyclic) bond motifs is 1. The van der Waals surface area contributed by atoms with Crippen molar-refractivity contribution in [3.05, 3.63) is 18.2 Å². The van der Waals surface area contributed by atoms with Gasteiger partial charge in [-0.3, -0.25) is 0 Å². The summed E-state index contributed by atoms with van der Waals surface area (Å²) in [5, 5.41) is 0. The largest absolute Gasteiger partial charge is 0.247 e. The summed E-state index contributed by atoms with van der Waals surface area (Å²) in [6, 6.07) is 0. The maximum atomic E-state index is 4.17. The Morgan fingerprint density at radius 3 is 3.55 bits per heavy atom. The molecule has 58 valence electrons. The van der Waals surface area contributed by atoms with E-state index >= 15 is 0 Å². The molecule has 0 saturated carbocycles. The van der Waals surface area contributed by atoms with Crippen molar-refractivity contribution in [2.45, 2.75) is 11.3 Å². The summed E-state index contributed by atoms with van der Waals surface area (Å²) in [5.41, 5.74) is 4.15. The molecule has 1 aromatic rings. The first-order valence-electron chi connectivity index (χ1n) is 3.40. The van der Waals surface area contributed by atoms with Gasteiger partial charge < -0.3 is 0 Å². The maximum Gasteiger partial charge on any atom is 0.115 e. The van der Waals surface area contributed by atoms with Crippen LogP contribution in [0.15, 0.2) is 17.4 Å². The molecule has 0 fully saturated rings. The molecule has 0 spiro atoms. The fraction of sp³-hybridized carbons (Fsp3) is 0.333. The highest BCUT2D eigenvalue weighted by Gasteiger charge is 2.07. The fourth-order valence-corrected chi connectivity index (χ4v) is 1.61. The monoisotopic (exact) mass is 168 g/mol. The first kappa shape index (κ1) is 7.02. The van der Waals surface area contributed by atoms with Gasteiger partial charge in [0.15, 0.2) is 0 Å². The number of hydrazine groups is 1. The van der Waals surface area contributed by atoms with Crippen molar-refractivity contribution in [1.82, 2.24) is 20.2 Å². The molecule has 4 nitrogen and oxygen atoms in total.